The SMILES string of the molecule is C1=CCCC(C2N=C(c3ccccc3)NC(c3ccc(-c4cccc5c4oc4c(-c6cccc7oc8c9ccccc9ccc8c67)cccc45)cc3)N2)=C1. The lowest BCUT2D eigenvalue weighted by molar-refractivity contribution is 0.425. The van der Waals surface area contributed by atoms with Crippen LogP contribution in [0.5, 0.6) is 0 Å². The van der Waals surface area contributed by atoms with Crippen LogP contribution < -0.4 is 10.6 Å². The van der Waals surface area contributed by atoms with E-state index < -0.39 is 0 Å². The number of furan rings is 2. The molecule has 0 saturated heterocycles. The van der Waals surface area contributed by atoms with Crippen molar-refractivity contribution in [2.75, 3.05) is 0 Å². The first kappa shape index (κ1) is 30.9. The van der Waals surface area contributed by atoms with Crippen LogP contribution in [0.25, 0.3) is 76.9 Å². The summed E-state index contributed by atoms with van der Waals surface area (Å²) in [7, 11) is 0. The lowest BCUT2D eigenvalue weighted by atomic mass is 9.96. The Morgan fingerprint density at radius 3 is 2.13 bits per heavy atom. The fourth-order valence-electron chi connectivity index (χ4n) is 8.41. The molecule has 2 atom stereocenters. The maximum atomic E-state index is 6.94. The molecule has 0 amide bonds. The molecule has 1 aliphatic carbocycles. The Labute approximate surface area is 311 Å². The lowest BCUT2D eigenvalue weighted by Gasteiger charge is -2.33. The average molecular weight is 698 g/mol. The number of amidine groups is 1. The maximum absolute atomic E-state index is 6.94. The van der Waals surface area contributed by atoms with Crippen LogP contribution in [0, 0.1) is 0 Å². The third-order valence-corrected chi connectivity index (χ3v) is 11.1. The maximum Gasteiger partial charge on any atom is 0.143 e. The second-order valence-electron chi connectivity index (χ2n) is 14.2. The van der Waals surface area contributed by atoms with Crippen LogP contribution in [0.15, 0.2) is 183 Å². The predicted molar refractivity (Wildman–Crippen MR) is 222 cm³/mol. The van der Waals surface area contributed by atoms with Gasteiger partial charge in [-0.1, -0.05) is 152 Å². The average Bonchev–Trinajstić information content (AvgIpc) is 3.84. The monoisotopic (exact) mass is 697 g/mol. The third kappa shape index (κ3) is 5.01. The molecule has 7 aromatic carbocycles. The fraction of sp³-hybridized carbons (Fsp3) is 0.0816. The fourth-order valence-corrected chi connectivity index (χ4v) is 8.41. The van der Waals surface area contributed by atoms with Crippen molar-refractivity contribution < 1.29 is 8.83 Å². The largest absolute Gasteiger partial charge is 0.455 e. The molecule has 0 radical (unpaired) electrons. The molecule has 5 nitrogen and oxygen atoms in total. The van der Waals surface area contributed by atoms with Gasteiger partial charge in [-0.25, -0.2) is 4.99 Å². The van der Waals surface area contributed by atoms with Gasteiger partial charge in [0.15, 0.2) is 0 Å². The first-order chi connectivity index (χ1) is 26.8. The van der Waals surface area contributed by atoms with Gasteiger partial charge in [-0.15, -0.1) is 0 Å². The Hall–Kier alpha value is -6.69. The van der Waals surface area contributed by atoms with Gasteiger partial charge in [0.05, 0.1) is 0 Å². The van der Waals surface area contributed by atoms with Gasteiger partial charge in [0.2, 0.25) is 0 Å². The van der Waals surface area contributed by atoms with Crippen molar-refractivity contribution in [2.24, 2.45) is 4.99 Å². The molecule has 2 aromatic heterocycles. The van der Waals surface area contributed by atoms with E-state index in [9.17, 15) is 0 Å². The van der Waals surface area contributed by atoms with E-state index in [4.69, 9.17) is 13.8 Å². The summed E-state index contributed by atoms with van der Waals surface area (Å²) >= 11 is 0. The van der Waals surface area contributed by atoms with Crippen LogP contribution in [0.4, 0.5) is 0 Å². The van der Waals surface area contributed by atoms with Gasteiger partial charge in [-0.05, 0) is 52.6 Å². The number of nitrogens with zero attached hydrogens (tertiary/aromatic N) is 1. The molecule has 0 fully saturated rings. The Balaban J connectivity index is 0.985. The van der Waals surface area contributed by atoms with Crippen molar-refractivity contribution >= 4 is 60.5 Å². The van der Waals surface area contributed by atoms with E-state index in [1.165, 1.54) is 11.0 Å². The van der Waals surface area contributed by atoms with Crippen molar-refractivity contribution in [3.05, 3.63) is 181 Å². The minimum atomic E-state index is -0.104. The molecule has 5 heteroatoms. The highest BCUT2D eigenvalue weighted by molar-refractivity contribution is 6.21. The number of aliphatic imine (C=N–C) groups is 1. The van der Waals surface area contributed by atoms with E-state index in [1.54, 1.807) is 0 Å². The molecule has 0 saturated carbocycles. The van der Waals surface area contributed by atoms with Crippen molar-refractivity contribution in [3.8, 4) is 22.3 Å². The highest BCUT2D eigenvalue weighted by Gasteiger charge is 2.27. The van der Waals surface area contributed by atoms with Gasteiger partial charge in [0, 0.05) is 43.6 Å². The number of benzene rings is 7. The lowest BCUT2D eigenvalue weighted by Crippen LogP contribution is -2.49. The molecule has 54 heavy (non-hydrogen) atoms. The van der Waals surface area contributed by atoms with Crippen LogP contribution in [0.1, 0.15) is 30.1 Å². The number of nitrogens with one attached hydrogen (secondary N) is 2. The molecule has 1 aliphatic heterocycles. The summed E-state index contributed by atoms with van der Waals surface area (Å²) in [5, 5.41) is 14.1. The van der Waals surface area contributed by atoms with Crippen LogP contribution in [0.3, 0.4) is 0 Å². The van der Waals surface area contributed by atoms with E-state index in [1.807, 2.05) is 6.07 Å². The summed E-state index contributed by atoms with van der Waals surface area (Å²) in [5.41, 5.74) is 11.4. The smallest absolute Gasteiger partial charge is 0.143 e. The molecule has 0 spiro atoms. The van der Waals surface area contributed by atoms with Crippen molar-refractivity contribution in [1.82, 2.24) is 10.6 Å². The van der Waals surface area contributed by atoms with Gasteiger partial charge in [0.25, 0.3) is 0 Å². The Kier molecular flexibility index (Phi) is 7.13. The van der Waals surface area contributed by atoms with E-state index in [2.05, 4.69) is 168 Å². The summed E-state index contributed by atoms with van der Waals surface area (Å²) in [5.74, 6) is 0.902. The molecule has 2 unspecified atom stereocenters. The topological polar surface area (TPSA) is 62.7 Å². The van der Waals surface area contributed by atoms with E-state index in [0.717, 1.165) is 101 Å². The third-order valence-electron chi connectivity index (χ3n) is 11.1. The standard InChI is InChI=1S/C49H35N3O2/c1-3-13-32(14-4-1)47-50-48(33-15-5-2-6-16-33)52-49(51-47)34-26-24-31(25-27-34)36-18-9-21-39-40-22-10-20-38(46(40)54-44(36)39)37-19-11-23-42-43(37)41-29-28-30-12-7-8-17-35(30)45(41)53-42/h1-5,7-15,17-29,48-49,52H,6,16H2,(H,50,51). The van der Waals surface area contributed by atoms with Crippen molar-refractivity contribution in [3.63, 3.8) is 0 Å². The second kappa shape index (κ2) is 12.5. The van der Waals surface area contributed by atoms with Gasteiger partial charge < -0.3 is 14.2 Å². The quantitative estimate of drug-likeness (QED) is 0.188. The number of allylic oxidation sites excluding steroid dienone is 3. The van der Waals surface area contributed by atoms with E-state index in [-0.39, 0.29) is 12.3 Å². The molecule has 9 aromatic rings. The minimum absolute atomic E-state index is 0.0974. The molecule has 3 heterocycles. The van der Waals surface area contributed by atoms with E-state index >= 15 is 0 Å². The molecule has 11 rings (SSSR count). The normalized spacial score (nSPS) is 17.3. The van der Waals surface area contributed by atoms with Crippen LogP contribution in [0.2, 0.25) is 0 Å². The van der Waals surface area contributed by atoms with Gasteiger partial charge >= 0.3 is 0 Å². The number of hydrogen-bond acceptors (Lipinski definition) is 5. The van der Waals surface area contributed by atoms with Crippen LogP contribution in [-0.2, 0) is 0 Å². The summed E-state index contributed by atoms with van der Waals surface area (Å²) in [6.07, 6.45) is 8.40. The zero-order valence-corrected chi connectivity index (χ0v) is 29.4. The summed E-state index contributed by atoms with van der Waals surface area (Å²) < 4.78 is 13.5. The first-order valence-electron chi connectivity index (χ1n) is 18.7. The molecule has 0 bridgehead atoms. The number of fused-ring (bicyclic) bond motifs is 8. The van der Waals surface area contributed by atoms with Crippen molar-refractivity contribution in [2.45, 2.75) is 25.2 Å². The Morgan fingerprint density at radius 1 is 0.556 bits per heavy atom. The molecular weight excluding hydrogens is 663 g/mol. The highest BCUT2D eigenvalue weighted by Crippen LogP contribution is 2.44. The number of hydrogen-bond donors (Lipinski definition) is 2. The molecule has 2 N–H and O–H groups in total. The highest BCUT2D eigenvalue weighted by atomic mass is 16.3. The molecule has 2 aliphatic rings. The van der Waals surface area contributed by atoms with Gasteiger partial charge in [0.1, 0.15) is 40.5 Å². The van der Waals surface area contributed by atoms with Crippen molar-refractivity contribution in [1.29, 1.82) is 0 Å². The Morgan fingerprint density at radius 2 is 1.30 bits per heavy atom. The van der Waals surface area contributed by atoms with Crippen LogP contribution in [-0.4, -0.2) is 12.0 Å². The number of rotatable bonds is 5. The van der Waals surface area contributed by atoms with Gasteiger partial charge in [-0.3, -0.25) is 5.32 Å². The second-order valence-corrected chi connectivity index (χ2v) is 14.2. The summed E-state index contributed by atoms with van der Waals surface area (Å²) in [6, 6.07) is 51.2. The van der Waals surface area contributed by atoms with Crippen LogP contribution >= 0.6 is 0 Å². The minimum Gasteiger partial charge on any atom is -0.455 e. The number of para-hydroxylation sites is 2. The molecule has 258 valence electrons. The predicted octanol–water partition coefficient (Wildman–Crippen LogP) is 12.2. The Bertz CT molecular complexity index is 3000. The summed E-state index contributed by atoms with van der Waals surface area (Å²) in [4.78, 5) is 5.12. The molecular formula is C49H35N3O2. The van der Waals surface area contributed by atoms with E-state index in [0.29, 0.717) is 0 Å². The zero-order chi connectivity index (χ0) is 35.6. The first-order valence-corrected chi connectivity index (χ1v) is 18.7. The summed E-state index contributed by atoms with van der Waals surface area (Å²) in [6.45, 7) is 0. The van der Waals surface area contributed by atoms with Gasteiger partial charge in [-0.2, -0.15) is 0 Å². The zero-order valence-electron chi connectivity index (χ0n) is 29.4.